The van der Waals surface area contributed by atoms with Crippen molar-refractivity contribution in [2.24, 2.45) is 5.92 Å². The van der Waals surface area contributed by atoms with Gasteiger partial charge in [-0.15, -0.1) is 0 Å². The fourth-order valence-electron chi connectivity index (χ4n) is 2.09. The highest BCUT2D eigenvalue weighted by Gasteiger charge is 2.36. The van der Waals surface area contributed by atoms with E-state index in [4.69, 9.17) is 4.74 Å². The molecule has 1 heterocycles. The second-order valence-electron chi connectivity index (χ2n) is 4.97. The van der Waals surface area contributed by atoms with Gasteiger partial charge >= 0.3 is 0 Å². The van der Waals surface area contributed by atoms with Gasteiger partial charge in [0, 0.05) is 25.8 Å². The maximum atomic E-state index is 11.8. The monoisotopic (exact) mass is 261 g/mol. The Morgan fingerprint density at radius 3 is 2.71 bits per heavy atom. The first-order valence-electron chi connectivity index (χ1n) is 6.03. The number of morpholine rings is 1. The van der Waals surface area contributed by atoms with Crippen molar-refractivity contribution in [2.45, 2.75) is 25.4 Å². The number of hydrogen-bond acceptors (Lipinski definition) is 4. The largest absolute Gasteiger partial charge is 0.374 e. The van der Waals surface area contributed by atoms with Crippen LogP contribution in [0.3, 0.4) is 0 Å². The number of sulfone groups is 1. The molecule has 1 aliphatic carbocycles. The molecule has 2 fully saturated rings. The third-order valence-corrected chi connectivity index (χ3v) is 4.23. The maximum Gasteiger partial charge on any atom is 0.223 e. The minimum absolute atomic E-state index is 0.0582. The average molecular weight is 261 g/mol. The Bertz CT molecular complexity index is 388. The summed E-state index contributed by atoms with van der Waals surface area (Å²) >= 11 is 0. The summed E-state index contributed by atoms with van der Waals surface area (Å²) in [7, 11) is -3.05. The third kappa shape index (κ3) is 3.96. The zero-order valence-corrected chi connectivity index (χ0v) is 10.9. The van der Waals surface area contributed by atoms with E-state index in [1.165, 1.54) is 12.8 Å². The van der Waals surface area contributed by atoms with Crippen LogP contribution in [0.2, 0.25) is 0 Å². The van der Waals surface area contributed by atoms with Gasteiger partial charge in [-0.1, -0.05) is 0 Å². The Morgan fingerprint density at radius 2 is 2.12 bits per heavy atom. The zero-order valence-electron chi connectivity index (χ0n) is 10.1. The quantitative estimate of drug-likeness (QED) is 0.718. The summed E-state index contributed by atoms with van der Waals surface area (Å²) in [5, 5.41) is 0. The van der Waals surface area contributed by atoms with Crippen LogP contribution in [0.15, 0.2) is 0 Å². The molecular formula is C11H19NO4S. The van der Waals surface area contributed by atoms with Gasteiger partial charge in [0.05, 0.1) is 18.5 Å². The number of carbonyl (C=O) groups is 1. The van der Waals surface area contributed by atoms with Crippen molar-refractivity contribution in [3.8, 4) is 0 Å². The van der Waals surface area contributed by atoms with Crippen molar-refractivity contribution in [1.82, 2.24) is 4.90 Å². The Hall–Kier alpha value is -0.620. The van der Waals surface area contributed by atoms with E-state index in [1.807, 2.05) is 0 Å². The van der Waals surface area contributed by atoms with E-state index in [9.17, 15) is 13.2 Å². The lowest BCUT2D eigenvalue weighted by Gasteiger charge is -2.33. The van der Waals surface area contributed by atoms with E-state index < -0.39 is 9.84 Å². The molecule has 2 rings (SSSR count). The van der Waals surface area contributed by atoms with Gasteiger partial charge < -0.3 is 9.64 Å². The van der Waals surface area contributed by atoms with E-state index in [1.54, 1.807) is 4.90 Å². The first-order valence-corrected chi connectivity index (χ1v) is 8.09. The summed E-state index contributed by atoms with van der Waals surface area (Å²) in [4.78, 5) is 13.6. The fourth-order valence-corrected chi connectivity index (χ4v) is 2.63. The molecule has 0 N–H and O–H groups in total. The fraction of sp³-hybridized carbons (Fsp3) is 0.909. The highest BCUT2D eigenvalue weighted by molar-refractivity contribution is 7.90. The van der Waals surface area contributed by atoms with Crippen molar-refractivity contribution < 1.29 is 17.9 Å². The topological polar surface area (TPSA) is 63.7 Å². The number of ether oxygens (including phenoxy) is 1. The highest BCUT2D eigenvalue weighted by Crippen LogP contribution is 2.35. The van der Waals surface area contributed by atoms with E-state index >= 15 is 0 Å². The number of amides is 1. The molecule has 0 spiro atoms. The van der Waals surface area contributed by atoms with Crippen molar-refractivity contribution in [3.05, 3.63) is 0 Å². The van der Waals surface area contributed by atoms with Gasteiger partial charge in [0.15, 0.2) is 0 Å². The molecule has 1 saturated carbocycles. The molecule has 98 valence electrons. The molecule has 0 aromatic rings. The SMILES string of the molecule is CS(=O)(=O)CCC(=O)N1CCOC(C2CC2)C1. The van der Waals surface area contributed by atoms with Crippen LogP contribution in [0.1, 0.15) is 19.3 Å². The van der Waals surface area contributed by atoms with Crippen LogP contribution in [0.25, 0.3) is 0 Å². The number of hydrogen-bond donors (Lipinski definition) is 0. The van der Waals surface area contributed by atoms with Crippen molar-refractivity contribution in [1.29, 1.82) is 0 Å². The van der Waals surface area contributed by atoms with Crippen molar-refractivity contribution >= 4 is 15.7 Å². The van der Waals surface area contributed by atoms with Crippen LogP contribution in [0.5, 0.6) is 0 Å². The molecule has 0 aromatic carbocycles. The molecular weight excluding hydrogens is 242 g/mol. The molecule has 2 aliphatic rings. The number of nitrogens with zero attached hydrogens (tertiary/aromatic N) is 1. The summed E-state index contributed by atoms with van der Waals surface area (Å²) in [6, 6.07) is 0. The average Bonchev–Trinajstić information content (AvgIpc) is 3.09. The molecule has 1 amide bonds. The van der Waals surface area contributed by atoms with Gasteiger partial charge in [0.1, 0.15) is 9.84 Å². The summed E-state index contributed by atoms with van der Waals surface area (Å²) in [5.41, 5.74) is 0. The Labute approximate surface area is 102 Å². The Kier molecular flexibility index (Phi) is 3.73. The van der Waals surface area contributed by atoms with Gasteiger partial charge in [0.25, 0.3) is 0 Å². The second-order valence-corrected chi connectivity index (χ2v) is 7.23. The van der Waals surface area contributed by atoms with Crippen molar-refractivity contribution in [2.75, 3.05) is 31.7 Å². The van der Waals surface area contributed by atoms with Crippen LogP contribution in [0.4, 0.5) is 0 Å². The van der Waals surface area contributed by atoms with E-state index in [0.717, 1.165) is 6.26 Å². The molecule has 6 heteroatoms. The van der Waals surface area contributed by atoms with Crippen molar-refractivity contribution in [3.63, 3.8) is 0 Å². The predicted octanol–water partition coefficient (Wildman–Crippen LogP) is 0.0585. The van der Waals surface area contributed by atoms with Gasteiger partial charge in [-0.05, 0) is 18.8 Å². The predicted molar refractivity (Wildman–Crippen MR) is 63.4 cm³/mol. The molecule has 17 heavy (non-hydrogen) atoms. The Morgan fingerprint density at radius 1 is 1.41 bits per heavy atom. The summed E-state index contributed by atoms with van der Waals surface area (Å²) < 4.78 is 27.6. The minimum atomic E-state index is -3.05. The molecule has 1 saturated heterocycles. The standard InChI is InChI=1S/C11H19NO4S/c1-17(14,15)7-4-11(13)12-5-6-16-10(8-12)9-2-3-9/h9-10H,2-8H2,1H3. The highest BCUT2D eigenvalue weighted by atomic mass is 32.2. The smallest absolute Gasteiger partial charge is 0.223 e. The van der Waals surface area contributed by atoms with Crippen LogP contribution in [-0.4, -0.2) is 57.0 Å². The van der Waals surface area contributed by atoms with Gasteiger partial charge in [-0.25, -0.2) is 8.42 Å². The summed E-state index contributed by atoms with van der Waals surface area (Å²) in [5.74, 6) is 0.488. The number of carbonyl (C=O) groups excluding carboxylic acids is 1. The number of rotatable bonds is 4. The lowest BCUT2D eigenvalue weighted by molar-refractivity contribution is -0.139. The van der Waals surface area contributed by atoms with Crippen LogP contribution in [-0.2, 0) is 19.4 Å². The zero-order chi connectivity index (χ0) is 12.5. The second kappa shape index (κ2) is 4.94. The lowest BCUT2D eigenvalue weighted by atomic mass is 10.2. The normalized spacial score (nSPS) is 25.9. The summed E-state index contributed by atoms with van der Waals surface area (Å²) in [6.07, 6.45) is 3.81. The van der Waals surface area contributed by atoms with Crippen LogP contribution >= 0.6 is 0 Å². The van der Waals surface area contributed by atoms with E-state index in [2.05, 4.69) is 0 Å². The van der Waals surface area contributed by atoms with Crippen LogP contribution < -0.4 is 0 Å². The summed E-state index contributed by atoms with van der Waals surface area (Å²) in [6.45, 7) is 1.80. The van der Waals surface area contributed by atoms with Gasteiger partial charge in [-0.3, -0.25) is 4.79 Å². The van der Waals surface area contributed by atoms with Crippen LogP contribution in [0, 0.1) is 5.92 Å². The molecule has 0 bridgehead atoms. The third-order valence-electron chi connectivity index (χ3n) is 3.28. The lowest BCUT2D eigenvalue weighted by Crippen LogP contribution is -2.46. The molecule has 0 radical (unpaired) electrons. The molecule has 1 unspecified atom stereocenters. The molecule has 0 aromatic heterocycles. The maximum absolute atomic E-state index is 11.8. The first kappa shape index (κ1) is 12.8. The molecule has 5 nitrogen and oxygen atoms in total. The van der Waals surface area contributed by atoms with Gasteiger partial charge in [0.2, 0.25) is 5.91 Å². The Balaban J connectivity index is 1.82. The van der Waals surface area contributed by atoms with E-state index in [-0.39, 0.29) is 24.2 Å². The first-order chi connectivity index (χ1) is 7.96. The molecule has 1 aliphatic heterocycles. The van der Waals surface area contributed by atoms with Gasteiger partial charge in [-0.2, -0.15) is 0 Å². The minimum Gasteiger partial charge on any atom is -0.374 e. The van der Waals surface area contributed by atoms with E-state index in [0.29, 0.717) is 25.6 Å². The molecule has 1 atom stereocenters.